The van der Waals surface area contributed by atoms with Gasteiger partial charge in [0, 0.05) is 0 Å². The zero-order chi connectivity index (χ0) is 18.4. The van der Waals surface area contributed by atoms with Gasteiger partial charge in [-0.3, -0.25) is 0 Å². The molecule has 0 spiro atoms. The second kappa shape index (κ2) is 8.34. The summed E-state index contributed by atoms with van der Waals surface area (Å²) in [5, 5.41) is 1.42. The molecule has 0 aliphatic rings. The van der Waals surface area contributed by atoms with Crippen molar-refractivity contribution in [3.05, 3.63) is 71.8 Å². The first-order valence-corrected chi connectivity index (χ1v) is 9.45. The molecule has 3 radical (unpaired) electrons. The van der Waals surface area contributed by atoms with Gasteiger partial charge in [-0.05, 0) is 0 Å². The molecule has 0 saturated carbocycles. The molecule has 1 N–H and O–H groups in total. The van der Waals surface area contributed by atoms with Crippen LogP contribution in [0.4, 0.5) is 0 Å². The Labute approximate surface area is 157 Å². The number of hydrazine groups is 1. The Hall–Kier alpha value is -2.08. The molecular weight excluding hydrogens is 373 g/mol. The van der Waals surface area contributed by atoms with Gasteiger partial charge in [-0.25, -0.2) is 0 Å². The molecule has 129 valence electrons. The van der Waals surface area contributed by atoms with Crippen LogP contribution in [0.5, 0.6) is 0 Å². The number of carbonyl (C=O) groups excluding carboxylic acids is 2. The molecule has 25 heavy (non-hydrogen) atoms. The fourth-order valence-corrected chi connectivity index (χ4v) is 3.18. The van der Waals surface area contributed by atoms with E-state index in [4.69, 9.17) is 0 Å². The van der Waals surface area contributed by atoms with Crippen molar-refractivity contribution >= 4 is 28.3 Å². The van der Waals surface area contributed by atoms with E-state index in [2.05, 4.69) is 5.43 Å². The van der Waals surface area contributed by atoms with Crippen LogP contribution in [-0.4, -0.2) is 38.9 Å². The second-order valence-electron chi connectivity index (χ2n) is 6.88. The van der Waals surface area contributed by atoms with Crippen molar-refractivity contribution in [2.75, 3.05) is 0 Å². The average molecular weight is 396 g/mol. The van der Waals surface area contributed by atoms with E-state index in [-0.39, 0.29) is 16.6 Å². The van der Waals surface area contributed by atoms with Crippen LogP contribution in [0.1, 0.15) is 47.9 Å². The van der Waals surface area contributed by atoms with Crippen LogP contribution in [0.25, 0.3) is 0 Å². The molecule has 0 aromatic heterocycles. The molecule has 2 amide bonds. The number of amides is 2. The van der Waals surface area contributed by atoms with Gasteiger partial charge >= 0.3 is 158 Å². The molecule has 0 saturated heterocycles. The number of benzene rings is 2. The van der Waals surface area contributed by atoms with Crippen molar-refractivity contribution in [2.24, 2.45) is 0 Å². The van der Waals surface area contributed by atoms with Crippen LogP contribution in [0, 0.1) is 0 Å². The first kappa shape index (κ1) is 19.3. The normalized spacial score (nSPS) is 12.3. The molecule has 0 fully saturated rings. The second-order valence-corrected chi connectivity index (χ2v) is 8.34. The summed E-state index contributed by atoms with van der Waals surface area (Å²) in [7, 11) is 0. The monoisotopic (exact) mass is 397 g/mol. The molecule has 0 bridgehead atoms. The number of carbonyl (C=O) groups is 2. The van der Waals surface area contributed by atoms with Crippen LogP contribution >= 0.6 is 0 Å². The summed E-state index contributed by atoms with van der Waals surface area (Å²) >= 11 is 2.01. The third kappa shape index (κ3) is 5.46. The number of hydrogen-bond donors (Lipinski definition) is 1. The van der Waals surface area contributed by atoms with Gasteiger partial charge in [-0.1, -0.05) is 0 Å². The third-order valence-electron chi connectivity index (χ3n) is 3.72. The van der Waals surface area contributed by atoms with Gasteiger partial charge in [0.25, 0.3) is 0 Å². The van der Waals surface area contributed by atoms with Crippen LogP contribution in [0.15, 0.2) is 60.7 Å². The van der Waals surface area contributed by atoms with Crippen LogP contribution in [0.2, 0.25) is 0 Å². The fourth-order valence-electron chi connectivity index (χ4n) is 2.39. The molecule has 2 aromatic carbocycles. The Morgan fingerprint density at radius 3 is 2.04 bits per heavy atom. The molecular formula is C20H23GeN2O2. The number of nitrogens with zero attached hydrogens (tertiary/aromatic N) is 1. The topological polar surface area (TPSA) is 49.4 Å². The molecule has 1 unspecified atom stereocenters. The van der Waals surface area contributed by atoms with Crippen molar-refractivity contribution in [1.82, 2.24) is 10.4 Å². The third-order valence-corrected chi connectivity index (χ3v) is 4.85. The van der Waals surface area contributed by atoms with E-state index >= 15 is 0 Å². The van der Waals surface area contributed by atoms with Crippen molar-refractivity contribution in [1.29, 1.82) is 0 Å². The summed E-state index contributed by atoms with van der Waals surface area (Å²) in [6.07, 6.45) is 0.318. The van der Waals surface area contributed by atoms with Crippen molar-refractivity contribution in [3.63, 3.8) is 0 Å². The standard InChI is InChI=1S/C20H23GeN2O2/c1-20(2,3)23(19(25)16-12-8-5-9-13-16)22-18(24)14-17(21)15-10-6-4-7-11-15/h4-13,17H,14H2,1-3H3,(H,22,24). The average Bonchev–Trinajstić information content (AvgIpc) is 2.59. The van der Waals surface area contributed by atoms with E-state index in [1.54, 1.807) is 12.1 Å². The van der Waals surface area contributed by atoms with E-state index in [1.165, 1.54) is 5.01 Å². The predicted molar refractivity (Wildman–Crippen MR) is 100 cm³/mol. The van der Waals surface area contributed by atoms with E-state index in [1.807, 2.05) is 85.8 Å². The first-order chi connectivity index (χ1) is 11.8. The van der Waals surface area contributed by atoms with Crippen LogP contribution in [0.3, 0.4) is 0 Å². The quantitative estimate of drug-likeness (QED) is 0.638. The zero-order valence-corrected chi connectivity index (χ0v) is 16.9. The predicted octanol–water partition coefficient (Wildman–Crippen LogP) is 3.26. The molecule has 2 aromatic rings. The molecule has 0 heterocycles. The van der Waals surface area contributed by atoms with E-state index < -0.39 is 5.54 Å². The summed E-state index contributed by atoms with van der Waals surface area (Å²) in [4.78, 5) is 25.3. The molecule has 1 atom stereocenters. The summed E-state index contributed by atoms with van der Waals surface area (Å²) in [6, 6.07) is 18.9. The minimum absolute atomic E-state index is 0.0786. The summed E-state index contributed by atoms with van der Waals surface area (Å²) in [5.41, 5.74) is 3.93. The molecule has 5 heteroatoms. The fraction of sp³-hybridized carbons (Fsp3) is 0.300. The first-order valence-electron chi connectivity index (χ1n) is 8.24. The van der Waals surface area contributed by atoms with Crippen molar-refractivity contribution in [2.45, 2.75) is 37.5 Å². The Morgan fingerprint density at radius 2 is 1.52 bits per heavy atom. The Kier molecular flexibility index (Phi) is 6.42. The van der Waals surface area contributed by atoms with Gasteiger partial charge in [-0.15, -0.1) is 0 Å². The summed E-state index contributed by atoms with van der Waals surface area (Å²) in [6.45, 7) is 5.69. The van der Waals surface area contributed by atoms with E-state index in [0.717, 1.165) is 5.56 Å². The maximum absolute atomic E-state index is 12.8. The summed E-state index contributed by atoms with van der Waals surface area (Å²) in [5.74, 6) is -0.385. The maximum atomic E-state index is 12.8. The Balaban J connectivity index is 2.09. The van der Waals surface area contributed by atoms with Crippen molar-refractivity contribution < 1.29 is 9.59 Å². The van der Waals surface area contributed by atoms with Gasteiger partial charge in [-0.2, -0.15) is 0 Å². The van der Waals surface area contributed by atoms with Gasteiger partial charge in [0.15, 0.2) is 0 Å². The number of rotatable bonds is 4. The zero-order valence-electron chi connectivity index (χ0n) is 14.8. The SMILES string of the molecule is CC(C)(C)N(NC(=O)C[CH]([Ge])c1ccccc1)C(=O)c1ccccc1. The van der Waals surface area contributed by atoms with E-state index in [9.17, 15) is 9.59 Å². The van der Waals surface area contributed by atoms with Gasteiger partial charge < -0.3 is 0 Å². The minimum atomic E-state index is -0.529. The van der Waals surface area contributed by atoms with Crippen molar-refractivity contribution in [3.8, 4) is 0 Å². The Morgan fingerprint density at radius 1 is 1.00 bits per heavy atom. The van der Waals surface area contributed by atoms with E-state index in [0.29, 0.717) is 12.0 Å². The van der Waals surface area contributed by atoms with Crippen LogP contribution < -0.4 is 5.43 Å². The summed E-state index contributed by atoms with van der Waals surface area (Å²) < 4.78 is 0.0786. The van der Waals surface area contributed by atoms with Gasteiger partial charge in [0.05, 0.1) is 0 Å². The van der Waals surface area contributed by atoms with Crippen LogP contribution in [-0.2, 0) is 4.79 Å². The molecule has 2 rings (SSSR count). The molecule has 0 aliphatic carbocycles. The molecule has 4 nitrogen and oxygen atoms in total. The van der Waals surface area contributed by atoms with Gasteiger partial charge in [0.1, 0.15) is 0 Å². The Bertz CT molecular complexity index is 711. The van der Waals surface area contributed by atoms with Gasteiger partial charge in [0.2, 0.25) is 0 Å². The number of hydrogen-bond acceptors (Lipinski definition) is 2. The molecule has 0 aliphatic heterocycles. The number of nitrogens with one attached hydrogen (secondary N) is 1.